The molecule has 0 fully saturated rings. The second kappa shape index (κ2) is 7.40. The Kier molecular flexibility index (Phi) is 5.04. The van der Waals surface area contributed by atoms with Crippen LogP contribution in [0.15, 0.2) is 52.6 Å². The predicted molar refractivity (Wildman–Crippen MR) is 94.9 cm³/mol. The molecule has 7 heteroatoms. The Bertz CT molecular complexity index is 951. The summed E-state index contributed by atoms with van der Waals surface area (Å²) in [6.07, 6.45) is 0.677. The van der Waals surface area contributed by atoms with Crippen molar-refractivity contribution < 1.29 is 9.18 Å². The molecule has 1 N–H and O–H groups in total. The van der Waals surface area contributed by atoms with Gasteiger partial charge < -0.3 is 5.32 Å². The van der Waals surface area contributed by atoms with Crippen LogP contribution in [0.3, 0.4) is 0 Å². The molecule has 5 nitrogen and oxygen atoms in total. The van der Waals surface area contributed by atoms with Gasteiger partial charge in [0, 0.05) is 23.2 Å². The van der Waals surface area contributed by atoms with Gasteiger partial charge in [-0.3, -0.25) is 9.59 Å². The molecule has 128 valence electrons. The minimum absolute atomic E-state index is 0.188. The van der Waals surface area contributed by atoms with Crippen LogP contribution in [0.5, 0.6) is 0 Å². The van der Waals surface area contributed by atoms with Crippen molar-refractivity contribution in [2.45, 2.75) is 13.3 Å². The molecule has 3 aromatic rings. The van der Waals surface area contributed by atoms with Gasteiger partial charge in [-0.05, 0) is 36.9 Å². The Morgan fingerprint density at radius 1 is 1.28 bits per heavy atom. The number of thiophene rings is 1. The number of amides is 1. The third-order valence-electron chi connectivity index (χ3n) is 3.64. The number of hydrogen-bond acceptors (Lipinski definition) is 4. The number of carbonyl (C=O) groups excluding carboxylic acids is 1. The molecule has 1 aromatic carbocycles. The van der Waals surface area contributed by atoms with E-state index >= 15 is 0 Å². The quantitative estimate of drug-likeness (QED) is 0.764. The Labute approximate surface area is 147 Å². The van der Waals surface area contributed by atoms with Crippen LogP contribution in [0.25, 0.3) is 5.69 Å². The van der Waals surface area contributed by atoms with E-state index in [1.165, 1.54) is 22.9 Å². The molecule has 0 aliphatic heterocycles. The fraction of sp³-hybridized carbons (Fsp3) is 0.167. The van der Waals surface area contributed by atoms with E-state index in [0.29, 0.717) is 18.7 Å². The van der Waals surface area contributed by atoms with Crippen LogP contribution in [0.4, 0.5) is 4.39 Å². The predicted octanol–water partition coefficient (Wildman–Crippen LogP) is 2.71. The number of halogens is 1. The smallest absolute Gasteiger partial charge is 0.275 e. The molecule has 0 bridgehead atoms. The van der Waals surface area contributed by atoms with Crippen molar-refractivity contribution in [2.24, 2.45) is 0 Å². The van der Waals surface area contributed by atoms with Crippen molar-refractivity contribution in [1.29, 1.82) is 0 Å². The minimum Gasteiger partial charge on any atom is -0.350 e. The lowest BCUT2D eigenvalue weighted by molar-refractivity contribution is 0.0946. The molecule has 2 heterocycles. The van der Waals surface area contributed by atoms with E-state index in [2.05, 4.69) is 10.4 Å². The van der Waals surface area contributed by atoms with Gasteiger partial charge in [0.25, 0.3) is 5.91 Å². The van der Waals surface area contributed by atoms with Gasteiger partial charge in [0.05, 0.1) is 0 Å². The van der Waals surface area contributed by atoms with Crippen LogP contribution >= 0.6 is 11.3 Å². The van der Waals surface area contributed by atoms with Crippen molar-refractivity contribution in [2.75, 3.05) is 6.54 Å². The highest BCUT2D eigenvalue weighted by atomic mass is 32.1. The Morgan fingerprint density at radius 3 is 2.80 bits per heavy atom. The third-order valence-corrected chi connectivity index (χ3v) is 4.58. The zero-order valence-corrected chi connectivity index (χ0v) is 14.3. The van der Waals surface area contributed by atoms with Crippen LogP contribution in [0.1, 0.15) is 21.1 Å². The monoisotopic (exact) mass is 357 g/mol. The summed E-state index contributed by atoms with van der Waals surface area (Å²) < 4.78 is 15.3. The Hall–Kier alpha value is -2.80. The summed E-state index contributed by atoms with van der Waals surface area (Å²) in [4.78, 5) is 25.5. The van der Waals surface area contributed by atoms with Crippen molar-refractivity contribution in [3.8, 4) is 5.69 Å². The van der Waals surface area contributed by atoms with Gasteiger partial charge in [0.2, 0.25) is 5.43 Å². The van der Waals surface area contributed by atoms with Gasteiger partial charge in [-0.15, -0.1) is 11.3 Å². The molecule has 0 unspecified atom stereocenters. The van der Waals surface area contributed by atoms with Crippen molar-refractivity contribution in [3.63, 3.8) is 0 Å². The summed E-state index contributed by atoms with van der Waals surface area (Å²) >= 11 is 1.60. The number of rotatable bonds is 5. The molecule has 0 radical (unpaired) electrons. The first-order valence-corrected chi connectivity index (χ1v) is 8.60. The topological polar surface area (TPSA) is 64.0 Å². The van der Waals surface area contributed by atoms with E-state index in [1.54, 1.807) is 30.4 Å². The highest BCUT2D eigenvalue weighted by molar-refractivity contribution is 7.09. The molecule has 25 heavy (non-hydrogen) atoms. The lowest BCUT2D eigenvalue weighted by atomic mass is 10.2. The van der Waals surface area contributed by atoms with Crippen molar-refractivity contribution >= 4 is 17.2 Å². The first-order chi connectivity index (χ1) is 12.1. The maximum absolute atomic E-state index is 14.0. The average molecular weight is 357 g/mol. The average Bonchev–Trinajstić information content (AvgIpc) is 3.09. The number of aryl methyl sites for hydroxylation is 1. The minimum atomic E-state index is -0.563. The van der Waals surface area contributed by atoms with Gasteiger partial charge >= 0.3 is 0 Å². The highest BCUT2D eigenvalue weighted by Crippen LogP contribution is 2.13. The summed E-state index contributed by atoms with van der Waals surface area (Å²) in [5.41, 5.74) is -0.100. The molecule has 0 atom stereocenters. The molecular formula is C18H16FN3O2S. The maximum atomic E-state index is 14.0. The number of nitrogens with one attached hydrogen (secondary N) is 1. The highest BCUT2D eigenvalue weighted by Gasteiger charge is 2.16. The Balaban J connectivity index is 1.83. The van der Waals surface area contributed by atoms with E-state index < -0.39 is 17.2 Å². The zero-order valence-electron chi connectivity index (χ0n) is 13.5. The lowest BCUT2D eigenvalue weighted by Crippen LogP contribution is -2.33. The molecule has 0 spiro atoms. The van der Waals surface area contributed by atoms with Gasteiger partial charge in [0.15, 0.2) is 5.69 Å². The molecule has 0 saturated carbocycles. The van der Waals surface area contributed by atoms with E-state index in [-0.39, 0.29) is 11.4 Å². The summed E-state index contributed by atoms with van der Waals surface area (Å²) in [5.74, 6) is -1.04. The Morgan fingerprint density at radius 2 is 2.08 bits per heavy atom. The van der Waals surface area contributed by atoms with E-state index in [9.17, 15) is 14.0 Å². The van der Waals surface area contributed by atoms with Gasteiger partial charge in [-0.1, -0.05) is 18.2 Å². The molecule has 2 aromatic heterocycles. The number of benzene rings is 1. The maximum Gasteiger partial charge on any atom is 0.275 e. The second-order valence-corrected chi connectivity index (χ2v) is 6.48. The molecule has 1 amide bonds. The molecule has 3 rings (SSSR count). The van der Waals surface area contributed by atoms with Gasteiger partial charge in [0.1, 0.15) is 11.5 Å². The first kappa shape index (κ1) is 17.0. The second-order valence-electron chi connectivity index (χ2n) is 5.45. The first-order valence-electron chi connectivity index (χ1n) is 7.73. The molecular weight excluding hydrogens is 341 g/mol. The van der Waals surface area contributed by atoms with E-state index in [1.807, 2.05) is 17.5 Å². The van der Waals surface area contributed by atoms with Crippen molar-refractivity contribution in [3.05, 3.63) is 80.2 Å². The van der Waals surface area contributed by atoms with Crippen LogP contribution in [-0.4, -0.2) is 22.2 Å². The summed E-state index contributed by atoms with van der Waals surface area (Å²) in [6, 6.07) is 11.3. The fourth-order valence-electron chi connectivity index (χ4n) is 2.41. The van der Waals surface area contributed by atoms with Gasteiger partial charge in [-0.25, -0.2) is 9.07 Å². The van der Waals surface area contributed by atoms with E-state index in [0.717, 1.165) is 4.88 Å². The molecule has 0 aliphatic carbocycles. The van der Waals surface area contributed by atoms with Gasteiger partial charge in [-0.2, -0.15) is 5.10 Å². The molecule has 0 aliphatic rings. The summed E-state index contributed by atoms with van der Waals surface area (Å²) in [7, 11) is 0. The number of nitrogens with zero attached hydrogens (tertiary/aromatic N) is 2. The normalized spacial score (nSPS) is 10.6. The van der Waals surface area contributed by atoms with Crippen LogP contribution in [0.2, 0.25) is 0 Å². The lowest BCUT2D eigenvalue weighted by Gasteiger charge is -2.12. The number of hydrogen-bond donors (Lipinski definition) is 1. The summed E-state index contributed by atoms with van der Waals surface area (Å²) in [5, 5.41) is 8.73. The van der Waals surface area contributed by atoms with Crippen LogP contribution in [-0.2, 0) is 6.42 Å². The SMILES string of the molecule is Cc1cc(=O)c(C(=O)NCCc2cccs2)nn1-c1ccccc1F. The largest absolute Gasteiger partial charge is 0.350 e. The third kappa shape index (κ3) is 3.83. The summed E-state index contributed by atoms with van der Waals surface area (Å²) in [6.45, 7) is 2.04. The fourth-order valence-corrected chi connectivity index (χ4v) is 3.12. The number of para-hydroxylation sites is 1. The van der Waals surface area contributed by atoms with Crippen LogP contribution < -0.4 is 10.7 Å². The van der Waals surface area contributed by atoms with E-state index in [4.69, 9.17) is 0 Å². The number of carbonyl (C=O) groups is 1. The zero-order chi connectivity index (χ0) is 17.8. The molecule has 0 saturated heterocycles. The van der Waals surface area contributed by atoms with Crippen molar-refractivity contribution in [1.82, 2.24) is 15.1 Å². The standard InChI is InChI=1S/C18H16FN3O2S/c1-12-11-16(23)17(18(24)20-9-8-13-5-4-10-25-13)21-22(12)15-7-3-2-6-14(15)19/h2-7,10-11H,8-9H2,1H3,(H,20,24). The number of aromatic nitrogens is 2. The van der Waals surface area contributed by atoms with Crippen LogP contribution in [0, 0.1) is 12.7 Å².